The summed E-state index contributed by atoms with van der Waals surface area (Å²) >= 11 is 0. The standard InChI is InChI=1S/C23H26N4O3/c1-23(18-8-4-2-5-9-18)21(29)27(22(30)25-23)16-26-14-12-17(13-15-26)20(28)24-19-10-6-3-7-11-19/h2-11,17H,12-16H2,1H3,(H,24,28)(H,25,30)/t23-/m0/s1. The van der Waals surface area contributed by atoms with E-state index in [0.29, 0.717) is 25.9 Å². The molecule has 2 aromatic carbocycles. The summed E-state index contributed by atoms with van der Waals surface area (Å²) in [6.07, 6.45) is 1.39. The molecule has 2 fully saturated rings. The Morgan fingerprint density at radius 1 is 1.03 bits per heavy atom. The van der Waals surface area contributed by atoms with Gasteiger partial charge in [0, 0.05) is 24.7 Å². The monoisotopic (exact) mass is 406 g/mol. The van der Waals surface area contributed by atoms with Gasteiger partial charge >= 0.3 is 6.03 Å². The number of urea groups is 1. The van der Waals surface area contributed by atoms with Crippen molar-refractivity contribution in [1.29, 1.82) is 0 Å². The van der Waals surface area contributed by atoms with Gasteiger partial charge in [-0.15, -0.1) is 0 Å². The number of rotatable bonds is 5. The number of piperidine rings is 1. The Morgan fingerprint density at radius 2 is 1.63 bits per heavy atom. The fraction of sp³-hybridized carbons (Fsp3) is 0.348. The van der Waals surface area contributed by atoms with Gasteiger partial charge < -0.3 is 10.6 Å². The number of hydrogen-bond acceptors (Lipinski definition) is 4. The molecule has 2 aromatic rings. The number of nitrogens with one attached hydrogen (secondary N) is 2. The molecule has 0 aromatic heterocycles. The minimum Gasteiger partial charge on any atom is -0.326 e. The van der Waals surface area contributed by atoms with Crippen LogP contribution in [-0.2, 0) is 15.1 Å². The van der Waals surface area contributed by atoms with Crippen LogP contribution in [0.4, 0.5) is 10.5 Å². The van der Waals surface area contributed by atoms with Gasteiger partial charge in [-0.1, -0.05) is 48.5 Å². The number of hydrogen-bond donors (Lipinski definition) is 2. The third-order valence-electron chi connectivity index (χ3n) is 5.97. The van der Waals surface area contributed by atoms with Crippen molar-refractivity contribution in [1.82, 2.24) is 15.1 Å². The zero-order valence-electron chi connectivity index (χ0n) is 17.0. The molecule has 2 heterocycles. The first-order valence-corrected chi connectivity index (χ1v) is 10.3. The molecule has 4 rings (SSSR count). The maximum absolute atomic E-state index is 13.0. The maximum atomic E-state index is 13.0. The van der Waals surface area contributed by atoms with E-state index in [0.717, 1.165) is 11.3 Å². The van der Waals surface area contributed by atoms with Crippen LogP contribution in [0.5, 0.6) is 0 Å². The van der Waals surface area contributed by atoms with Gasteiger partial charge in [0.25, 0.3) is 5.91 Å². The highest BCUT2D eigenvalue weighted by Crippen LogP contribution is 2.29. The molecule has 30 heavy (non-hydrogen) atoms. The van der Waals surface area contributed by atoms with Crippen LogP contribution >= 0.6 is 0 Å². The average Bonchev–Trinajstić information content (AvgIpc) is 2.99. The number of benzene rings is 2. The Hall–Kier alpha value is -3.19. The largest absolute Gasteiger partial charge is 0.326 e. The van der Waals surface area contributed by atoms with Gasteiger partial charge in [0.05, 0.1) is 6.67 Å². The van der Waals surface area contributed by atoms with E-state index < -0.39 is 5.54 Å². The SMILES string of the molecule is C[C@@]1(c2ccccc2)NC(=O)N(CN2CCC(C(=O)Nc3ccccc3)CC2)C1=O. The lowest BCUT2D eigenvalue weighted by Crippen LogP contribution is -2.47. The second kappa shape index (κ2) is 8.28. The fourth-order valence-corrected chi connectivity index (χ4v) is 4.09. The summed E-state index contributed by atoms with van der Waals surface area (Å²) in [7, 11) is 0. The summed E-state index contributed by atoms with van der Waals surface area (Å²) in [4.78, 5) is 41.4. The first kappa shape index (κ1) is 20.1. The number of likely N-dealkylation sites (tertiary alicyclic amines) is 1. The molecule has 0 radical (unpaired) electrons. The van der Waals surface area contributed by atoms with Crippen molar-refractivity contribution < 1.29 is 14.4 Å². The van der Waals surface area contributed by atoms with Crippen molar-refractivity contribution >= 4 is 23.5 Å². The maximum Gasteiger partial charge on any atom is 0.326 e. The molecule has 0 aliphatic carbocycles. The summed E-state index contributed by atoms with van der Waals surface area (Å²) in [6, 6.07) is 18.3. The Bertz CT molecular complexity index is 926. The molecular formula is C23H26N4O3. The van der Waals surface area contributed by atoms with Gasteiger partial charge in [-0.2, -0.15) is 0 Å². The Morgan fingerprint density at radius 3 is 2.27 bits per heavy atom. The third-order valence-corrected chi connectivity index (χ3v) is 5.97. The van der Waals surface area contributed by atoms with Crippen LogP contribution in [0.25, 0.3) is 0 Å². The Labute approximate surface area is 176 Å². The predicted octanol–water partition coefficient (Wildman–Crippen LogP) is 2.76. The second-order valence-electron chi connectivity index (χ2n) is 8.04. The molecule has 4 amide bonds. The van der Waals surface area contributed by atoms with Crippen LogP contribution in [0.2, 0.25) is 0 Å². The van der Waals surface area contributed by atoms with E-state index in [-0.39, 0.29) is 30.4 Å². The van der Waals surface area contributed by atoms with E-state index >= 15 is 0 Å². The number of amides is 4. The molecule has 7 heteroatoms. The third kappa shape index (κ3) is 3.93. The molecule has 2 N–H and O–H groups in total. The van der Waals surface area contributed by atoms with Crippen molar-refractivity contribution in [2.75, 3.05) is 25.1 Å². The highest BCUT2D eigenvalue weighted by molar-refractivity contribution is 6.07. The normalized spacial score (nSPS) is 22.8. The van der Waals surface area contributed by atoms with Crippen LogP contribution in [0.3, 0.4) is 0 Å². The summed E-state index contributed by atoms with van der Waals surface area (Å²) in [5.74, 6) is -0.297. The average molecular weight is 406 g/mol. The second-order valence-corrected chi connectivity index (χ2v) is 8.04. The van der Waals surface area contributed by atoms with E-state index in [1.807, 2.05) is 60.7 Å². The number of para-hydroxylation sites is 1. The molecular weight excluding hydrogens is 380 g/mol. The van der Waals surface area contributed by atoms with Crippen LogP contribution in [0.15, 0.2) is 60.7 Å². The zero-order chi connectivity index (χ0) is 21.1. The molecule has 156 valence electrons. The lowest BCUT2D eigenvalue weighted by Gasteiger charge is -2.33. The molecule has 0 bridgehead atoms. The highest BCUT2D eigenvalue weighted by Gasteiger charge is 2.49. The summed E-state index contributed by atoms with van der Waals surface area (Å²) < 4.78 is 0. The number of imide groups is 1. The lowest BCUT2D eigenvalue weighted by molar-refractivity contribution is -0.133. The quantitative estimate of drug-likeness (QED) is 0.748. The topological polar surface area (TPSA) is 81.8 Å². The van der Waals surface area contributed by atoms with Crippen LogP contribution < -0.4 is 10.6 Å². The molecule has 2 saturated heterocycles. The number of anilines is 1. The fourth-order valence-electron chi connectivity index (χ4n) is 4.09. The van der Waals surface area contributed by atoms with Gasteiger partial charge in [0.1, 0.15) is 5.54 Å². The number of carbonyl (C=O) groups is 3. The van der Waals surface area contributed by atoms with Crippen LogP contribution in [0, 0.1) is 5.92 Å². The minimum atomic E-state index is -1.05. The highest BCUT2D eigenvalue weighted by atomic mass is 16.2. The van der Waals surface area contributed by atoms with E-state index in [9.17, 15) is 14.4 Å². The molecule has 1 atom stereocenters. The summed E-state index contributed by atoms with van der Waals surface area (Å²) in [5, 5.41) is 5.79. The smallest absolute Gasteiger partial charge is 0.326 e. The number of nitrogens with zero attached hydrogens (tertiary/aromatic N) is 2. The van der Waals surface area contributed by atoms with Crippen LogP contribution in [0.1, 0.15) is 25.3 Å². The van der Waals surface area contributed by atoms with Crippen molar-refractivity contribution in [3.8, 4) is 0 Å². The van der Waals surface area contributed by atoms with Gasteiger partial charge in [-0.25, -0.2) is 9.69 Å². The van der Waals surface area contributed by atoms with Crippen molar-refractivity contribution in [3.63, 3.8) is 0 Å². The number of carbonyl (C=O) groups excluding carboxylic acids is 3. The molecule has 7 nitrogen and oxygen atoms in total. The first-order chi connectivity index (χ1) is 14.5. The van der Waals surface area contributed by atoms with E-state index in [1.54, 1.807) is 6.92 Å². The lowest BCUT2D eigenvalue weighted by atomic mass is 9.92. The molecule has 2 aliphatic heterocycles. The first-order valence-electron chi connectivity index (χ1n) is 10.3. The Balaban J connectivity index is 1.33. The van der Waals surface area contributed by atoms with E-state index in [2.05, 4.69) is 15.5 Å². The van der Waals surface area contributed by atoms with Gasteiger partial charge in [0.2, 0.25) is 5.91 Å². The van der Waals surface area contributed by atoms with Crippen molar-refractivity contribution in [3.05, 3.63) is 66.2 Å². The Kier molecular flexibility index (Phi) is 5.55. The minimum absolute atomic E-state index is 0.0208. The zero-order valence-corrected chi connectivity index (χ0v) is 17.0. The molecule has 0 spiro atoms. The van der Waals surface area contributed by atoms with Crippen molar-refractivity contribution in [2.24, 2.45) is 5.92 Å². The molecule has 0 saturated carbocycles. The van der Waals surface area contributed by atoms with E-state index in [1.165, 1.54) is 4.90 Å². The van der Waals surface area contributed by atoms with E-state index in [4.69, 9.17) is 0 Å². The summed E-state index contributed by atoms with van der Waals surface area (Å²) in [6.45, 7) is 3.29. The van der Waals surface area contributed by atoms with Gasteiger partial charge in [-0.05, 0) is 37.5 Å². The van der Waals surface area contributed by atoms with Crippen molar-refractivity contribution in [2.45, 2.75) is 25.3 Å². The van der Waals surface area contributed by atoms with Gasteiger partial charge in [-0.3, -0.25) is 14.5 Å². The van der Waals surface area contributed by atoms with Crippen LogP contribution in [-0.4, -0.2) is 47.4 Å². The molecule has 2 aliphatic rings. The summed E-state index contributed by atoms with van der Waals surface area (Å²) in [5.41, 5.74) is 0.512. The van der Waals surface area contributed by atoms with Gasteiger partial charge in [0.15, 0.2) is 0 Å². The predicted molar refractivity (Wildman–Crippen MR) is 113 cm³/mol. The molecule has 0 unspecified atom stereocenters.